The summed E-state index contributed by atoms with van der Waals surface area (Å²) in [5.41, 5.74) is 0.934. The number of amides is 2. The highest BCUT2D eigenvalue weighted by Gasteiger charge is 2.23. The van der Waals surface area contributed by atoms with Crippen molar-refractivity contribution in [2.45, 2.75) is 0 Å². The van der Waals surface area contributed by atoms with E-state index >= 15 is 0 Å². The third-order valence-electron chi connectivity index (χ3n) is 5.11. The summed E-state index contributed by atoms with van der Waals surface area (Å²) in [4.78, 5) is 32.9. The van der Waals surface area contributed by atoms with Crippen LogP contribution in [-0.2, 0) is 4.79 Å². The number of aromatic nitrogens is 1. The summed E-state index contributed by atoms with van der Waals surface area (Å²) in [6.07, 6.45) is 1.60. The van der Waals surface area contributed by atoms with Gasteiger partial charge in [0.1, 0.15) is 17.4 Å². The SMILES string of the molecule is O=C(COc1ccccc1)Nc1ccc(N2CCN(C(=O)c3cccc(F)c3)CC2)nc1. The Labute approximate surface area is 185 Å². The van der Waals surface area contributed by atoms with Gasteiger partial charge in [0.15, 0.2) is 6.61 Å². The molecule has 0 saturated carbocycles. The number of hydrogen-bond acceptors (Lipinski definition) is 5. The number of carbonyl (C=O) groups is 2. The van der Waals surface area contributed by atoms with Crippen molar-refractivity contribution in [1.82, 2.24) is 9.88 Å². The molecule has 1 aliphatic rings. The van der Waals surface area contributed by atoms with Crippen LogP contribution in [-0.4, -0.2) is 54.5 Å². The third-order valence-corrected chi connectivity index (χ3v) is 5.11. The first-order valence-corrected chi connectivity index (χ1v) is 10.3. The highest BCUT2D eigenvalue weighted by atomic mass is 19.1. The summed E-state index contributed by atoms with van der Waals surface area (Å²) in [5.74, 6) is 0.533. The number of rotatable bonds is 6. The summed E-state index contributed by atoms with van der Waals surface area (Å²) in [6, 6.07) is 18.5. The van der Waals surface area contributed by atoms with Crippen molar-refractivity contribution in [2.24, 2.45) is 0 Å². The van der Waals surface area contributed by atoms with Gasteiger partial charge < -0.3 is 19.9 Å². The van der Waals surface area contributed by atoms with Crippen molar-refractivity contribution in [2.75, 3.05) is 43.0 Å². The first-order chi connectivity index (χ1) is 15.6. The molecule has 0 unspecified atom stereocenters. The van der Waals surface area contributed by atoms with Crippen LogP contribution in [0.5, 0.6) is 5.75 Å². The van der Waals surface area contributed by atoms with Crippen molar-refractivity contribution >= 4 is 23.3 Å². The second kappa shape index (κ2) is 9.91. The second-order valence-electron chi connectivity index (χ2n) is 7.34. The molecule has 3 aromatic rings. The Balaban J connectivity index is 1.26. The molecule has 1 saturated heterocycles. The van der Waals surface area contributed by atoms with Crippen molar-refractivity contribution in [3.05, 3.63) is 84.3 Å². The normalized spacial score (nSPS) is 13.5. The molecule has 0 bridgehead atoms. The first-order valence-electron chi connectivity index (χ1n) is 10.3. The quantitative estimate of drug-likeness (QED) is 0.645. The smallest absolute Gasteiger partial charge is 0.262 e. The van der Waals surface area contributed by atoms with E-state index in [0.29, 0.717) is 43.2 Å². The Morgan fingerprint density at radius 1 is 0.969 bits per heavy atom. The fraction of sp³-hybridized carbons (Fsp3) is 0.208. The molecule has 0 aliphatic carbocycles. The minimum atomic E-state index is -0.419. The lowest BCUT2D eigenvalue weighted by molar-refractivity contribution is -0.118. The van der Waals surface area contributed by atoms with Crippen LogP contribution >= 0.6 is 0 Å². The minimum Gasteiger partial charge on any atom is -0.484 e. The van der Waals surface area contributed by atoms with E-state index in [0.717, 1.165) is 5.82 Å². The Morgan fingerprint density at radius 2 is 1.75 bits per heavy atom. The molecule has 32 heavy (non-hydrogen) atoms. The molecule has 7 nitrogen and oxygen atoms in total. The summed E-state index contributed by atoms with van der Waals surface area (Å²) in [5, 5.41) is 2.76. The molecule has 1 fully saturated rings. The Bertz CT molecular complexity index is 1070. The second-order valence-corrected chi connectivity index (χ2v) is 7.34. The maximum Gasteiger partial charge on any atom is 0.262 e. The predicted molar refractivity (Wildman–Crippen MR) is 119 cm³/mol. The number of carbonyl (C=O) groups excluding carboxylic acids is 2. The Hall–Kier alpha value is -3.94. The van der Waals surface area contributed by atoms with Crippen molar-refractivity contribution < 1.29 is 18.7 Å². The maximum atomic E-state index is 13.4. The monoisotopic (exact) mass is 434 g/mol. The van der Waals surface area contributed by atoms with E-state index in [9.17, 15) is 14.0 Å². The minimum absolute atomic E-state index is 0.0902. The molecule has 2 aromatic carbocycles. The summed E-state index contributed by atoms with van der Waals surface area (Å²) in [7, 11) is 0. The number of nitrogens with zero attached hydrogens (tertiary/aromatic N) is 3. The van der Waals surface area contributed by atoms with Crippen LogP contribution in [0.1, 0.15) is 10.4 Å². The lowest BCUT2D eigenvalue weighted by atomic mass is 10.1. The van der Waals surface area contributed by atoms with Gasteiger partial charge in [-0.1, -0.05) is 24.3 Å². The van der Waals surface area contributed by atoms with Crippen LogP contribution in [0.4, 0.5) is 15.9 Å². The number of ether oxygens (including phenoxy) is 1. The zero-order chi connectivity index (χ0) is 22.3. The maximum absolute atomic E-state index is 13.4. The van der Waals surface area contributed by atoms with E-state index in [-0.39, 0.29) is 18.4 Å². The van der Waals surface area contributed by atoms with Crippen LogP contribution in [0.15, 0.2) is 72.9 Å². The topological polar surface area (TPSA) is 74.8 Å². The van der Waals surface area contributed by atoms with Gasteiger partial charge in [0, 0.05) is 31.7 Å². The summed E-state index contributed by atoms with van der Waals surface area (Å²) in [6.45, 7) is 2.18. The standard InChI is InChI=1S/C24H23FN4O3/c25-19-6-4-5-18(15-19)24(31)29-13-11-28(12-14-29)22-10-9-20(16-26-22)27-23(30)17-32-21-7-2-1-3-8-21/h1-10,15-16H,11-14,17H2,(H,27,30). The highest BCUT2D eigenvalue weighted by Crippen LogP contribution is 2.18. The van der Waals surface area contributed by atoms with Gasteiger partial charge in [-0.3, -0.25) is 9.59 Å². The zero-order valence-electron chi connectivity index (χ0n) is 17.4. The van der Waals surface area contributed by atoms with Crippen LogP contribution in [0, 0.1) is 5.82 Å². The number of hydrogen-bond donors (Lipinski definition) is 1. The van der Waals surface area contributed by atoms with Crippen LogP contribution in [0.2, 0.25) is 0 Å². The average molecular weight is 434 g/mol. The first kappa shape index (κ1) is 21.3. The largest absolute Gasteiger partial charge is 0.484 e. The van der Waals surface area contributed by atoms with E-state index < -0.39 is 5.82 Å². The van der Waals surface area contributed by atoms with Crippen LogP contribution < -0.4 is 15.0 Å². The number of piperazine rings is 1. The summed E-state index contributed by atoms with van der Waals surface area (Å²) < 4.78 is 18.8. The van der Waals surface area contributed by atoms with E-state index in [1.54, 1.807) is 35.4 Å². The number of para-hydroxylation sites is 1. The molecule has 0 radical (unpaired) electrons. The molecule has 164 valence electrons. The fourth-order valence-corrected chi connectivity index (χ4v) is 3.45. The van der Waals surface area contributed by atoms with Crippen LogP contribution in [0.25, 0.3) is 0 Å². The highest BCUT2D eigenvalue weighted by molar-refractivity contribution is 5.94. The van der Waals surface area contributed by atoms with Gasteiger partial charge in [0.05, 0.1) is 11.9 Å². The molecular weight excluding hydrogens is 411 g/mol. The molecule has 8 heteroatoms. The number of nitrogens with one attached hydrogen (secondary N) is 1. The molecule has 1 N–H and O–H groups in total. The third kappa shape index (κ3) is 5.40. The number of anilines is 2. The van der Waals surface area contributed by atoms with Gasteiger partial charge in [0.25, 0.3) is 11.8 Å². The van der Waals surface area contributed by atoms with E-state index in [2.05, 4.69) is 15.2 Å². The lowest BCUT2D eigenvalue weighted by Crippen LogP contribution is -2.49. The van der Waals surface area contributed by atoms with Gasteiger partial charge in [0.2, 0.25) is 0 Å². The molecular formula is C24H23FN4O3. The molecule has 0 atom stereocenters. The number of pyridine rings is 1. The van der Waals surface area contributed by atoms with Gasteiger partial charge in [-0.2, -0.15) is 0 Å². The van der Waals surface area contributed by atoms with E-state index in [4.69, 9.17) is 4.74 Å². The number of benzene rings is 2. The van der Waals surface area contributed by atoms with Gasteiger partial charge in [-0.05, 0) is 42.5 Å². The average Bonchev–Trinajstić information content (AvgIpc) is 2.83. The Kier molecular flexibility index (Phi) is 6.60. The van der Waals surface area contributed by atoms with Crippen molar-refractivity contribution in [3.63, 3.8) is 0 Å². The predicted octanol–water partition coefficient (Wildman–Crippen LogP) is 3.20. The van der Waals surface area contributed by atoms with E-state index in [1.807, 2.05) is 24.3 Å². The molecule has 0 spiro atoms. The molecule has 1 aromatic heterocycles. The van der Waals surface area contributed by atoms with Crippen molar-refractivity contribution in [1.29, 1.82) is 0 Å². The molecule has 1 aliphatic heterocycles. The van der Waals surface area contributed by atoms with Gasteiger partial charge >= 0.3 is 0 Å². The number of halogens is 1. The zero-order valence-corrected chi connectivity index (χ0v) is 17.4. The van der Waals surface area contributed by atoms with Gasteiger partial charge in [-0.25, -0.2) is 9.37 Å². The molecule has 4 rings (SSSR count). The van der Waals surface area contributed by atoms with E-state index in [1.165, 1.54) is 18.2 Å². The fourth-order valence-electron chi connectivity index (χ4n) is 3.45. The molecule has 2 heterocycles. The lowest BCUT2D eigenvalue weighted by Gasteiger charge is -2.35. The molecule has 2 amide bonds. The van der Waals surface area contributed by atoms with Crippen molar-refractivity contribution in [3.8, 4) is 5.75 Å². The van der Waals surface area contributed by atoms with Gasteiger partial charge in [-0.15, -0.1) is 0 Å². The van der Waals surface area contributed by atoms with Crippen LogP contribution in [0.3, 0.4) is 0 Å². The Morgan fingerprint density at radius 3 is 2.44 bits per heavy atom. The summed E-state index contributed by atoms with van der Waals surface area (Å²) >= 11 is 0.